The summed E-state index contributed by atoms with van der Waals surface area (Å²) in [4.78, 5) is 4.35. The molecule has 0 saturated carbocycles. The van der Waals surface area contributed by atoms with Crippen LogP contribution in [0.5, 0.6) is 17.2 Å². The Bertz CT molecular complexity index is 869. The number of nitrogens with zero attached hydrogens (tertiary/aromatic N) is 1. The predicted molar refractivity (Wildman–Crippen MR) is 101 cm³/mol. The molecular weight excluding hydrogens is 328 g/mol. The molecule has 0 aliphatic carbocycles. The fourth-order valence-electron chi connectivity index (χ4n) is 2.95. The Morgan fingerprint density at radius 3 is 2.96 bits per heavy atom. The summed E-state index contributed by atoms with van der Waals surface area (Å²) in [7, 11) is 0. The number of pyridine rings is 1. The van der Waals surface area contributed by atoms with E-state index in [0.29, 0.717) is 13.2 Å². The Balaban J connectivity index is 1.15. The van der Waals surface area contributed by atoms with E-state index in [1.165, 1.54) is 0 Å². The van der Waals surface area contributed by atoms with E-state index in [0.717, 1.165) is 47.7 Å². The lowest BCUT2D eigenvalue weighted by Crippen LogP contribution is -2.39. The van der Waals surface area contributed by atoms with Crippen molar-refractivity contribution in [2.45, 2.75) is 12.5 Å². The Labute approximate surface area is 152 Å². The zero-order valence-corrected chi connectivity index (χ0v) is 14.6. The molecule has 0 saturated heterocycles. The molecule has 3 aromatic rings. The Morgan fingerprint density at radius 2 is 2.00 bits per heavy atom. The second kappa shape index (κ2) is 8.06. The minimum absolute atomic E-state index is 0.0392. The third kappa shape index (κ3) is 4.06. The molecule has 1 aliphatic heterocycles. The summed E-state index contributed by atoms with van der Waals surface area (Å²) in [6.45, 7) is 2.86. The molecule has 0 spiro atoms. The van der Waals surface area contributed by atoms with Gasteiger partial charge in [0.25, 0.3) is 0 Å². The lowest BCUT2D eigenvalue weighted by atomic mass is 10.2. The SMILES string of the molecule is c1ccc2c(c1)OCC(CNCCCOc1ccc3cccnc3c1)O2. The zero-order chi connectivity index (χ0) is 17.6. The highest BCUT2D eigenvalue weighted by Crippen LogP contribution is 2.30. The molecule has 134 valence electrons. The van der Waals surface area contributed by atoms with Gasteiger partial charge in [0.2, 0.25) is 0 Å². The molecule has 5 heteroatoms. The standard InChI is InChI=1S/C21H22N2O3/c1-2-7-21-20(6-1)25-15-18(26-21)14-22-10-4-12-24-17-9-8-16-5-3-11-23-19(16)13-17/h1-3,5-9,11,13,18,22H,4,10,12,14-15H2. The quantitative estimate of drug-likeness (QED) is 0.662. The van der Waals surface area contributed by atoms with Crippen molar-refractivity contribution in [1.82, 2.24) is 10.3 Å². The summed E-state index contributed by atoms with van der Waals surface area (Å²) in [5.74, 6) is 2.50. The monoisotopic (exact) mass is 350 g/mol. The van der Waals surface area contributed by atoms with Crippen molar-refractivity contribution < 1.29 is 14.2 Å². The van der Waals surface area contributed by atoms with Crippen molar-refractivity contribution in [2.24, 2.45) is 0 Å². The molecule has 1 unspecified atom stereocenters. The highest BCUT2D eigenvalue weighted by molar-refractivity contribution is 5.79. The molecular formula is C21H22N2O3. The highest BCUT2D eigenvalue weighted by atomic mass is 16.6. The van der Waals surface area contributed by atoms with E-state index in [-0.39, 0.29) is 6.10 Å². The summed E-state index contributed by atoms with van der Waals surface area (Å²) in [6, 6.07) is 17.8. The van der Waals surface area contributed by atoms with E-state index in [4.69, 9.17) is 14.2 Å². The van der Waals surface area contributed by atoms with Gasteiger partial charge in [-0.3, -0.25) is 4.98 Å². The molecule has 0 amide bonds. The molecule has 2 aromatic carbocycles. The van der Waals surface area contributed by atoms with E-state index < -0.39 is 0 Å². The average Bonchev–Trinajstić information content (AvgIpc) is 2.70. The second-order valence-corrected chi connectivity index (χ2v) is 6.26. The Hall–Kier alpha value is -2.79. The van der Waals surface area contributed by atoms with E-state index in [9.17, 15) is 0 Å². The lowest BCUT2D eigenvalue weighted by Gasteiger charge is -2.26. The van der Waals surface area contributed by atoms with Crippen molar-refractivity contribution in [3.8, 4) is 17.2 Å². The van der Waals surface area contributed by atoms with Gasteiger partial charge < -0.3 is 19.5 Å². The molecule has 1 atom stereocenters. The van der Waals surface area contributed by atoms with Gasteiger partial charge in [0.15, 0.2) is 11.5 Å². The van der Waals surface area contributed by atoms with Crippen molar-refractivity contribution in [2.75, 3.05) is 26.3 Å². The highest BCUT2D eigenvalue weighted by Gasteiger charge is 2.19. The molecule has 0 fully saturated rings. The molecule has 5 nitrogen and oxygen atoms in total. The van der Waals surface area contributed by atoms with Gasteiger partial charge in [0.05, 0.1) is 12.1 Å². The van der Waals surface area contributed by atoms with Crippen LogP contribution in [0.25, 0.3) is 10.9 Å². The van der Waals surface area contributed by atoms with Crippen molar-refractivity contribution >= 4 is 10.9 Å². The minimum atomic E-state index is 0.0392. The Kier molecular flexibility index (Phi) is 5.17. The van der Waals surface area contributed by atoms with Crippen LogP contribution in [0.2, 0.25) is 0 Å². The maximum Gasteiger partial charge on any atom is 0.161 e. The fraction of sp³-hybridized carbons (Fsp3) is 0.286. The van der Waals surface area contributed by atoms with Crippen LogP contribution in [0.4, 0.5) is 0 Å². The van der Waals surface area contributed by atoms with Gasteiger partial charge in [-0.05, 0) is 43.3 Å². The first kappa shape index (κ1) is 16.7. The van der Waals surface area contributed by atoms with E-state index in [1.807, 2.05) is 54.6 Å². The van der Waals surface area contributed by atoms with Gasteiger partial charge in [-0.25, -0.2) is 0 Å². The molecule has 1 aliphatic rings. The van der Waals surface area contributed by atoms with Crippen LogP contribution in [0.3, 0.4) is 0 Å². The lowest BCUT2D eigenvalue weighted by molar-refractivity contribution is 0.0902. The third-order valence-corrected chi connectivity index (χ3v) is 4.28. The minimum Gasteiger partial charge on any atom is -0.493 e. The molecule has 1 N–H and O–H groups in total. The first-order valence-corrected chi connectivity index (χ1v) is 8.95. The summed E-state index contributed by atoms with van der Waals surface area (Å²) < 4.78 is 17.5. The fourth-order valence-corrected chi connectivity index (χ4v) is 2.95. The number of rotatable bonds is 7. The molecule has 1 aromatic heterocycles. The number of aromatic nitrogens is 1. The topological polar surface area (TPSA) is 52.6 Å². The largest absolute Gasteiger partial charge is 0.493 e. The smallest absolute Gasteiger partial charge is 0.161 e. The zero-order valence-electron chi connectivity index (χ0n) is 14.6. The van der Waals surface area contributed by atoms with Crippen molar-refractivity contribution in [1.29, 1.82) is 0 Å². The molecule has 0 bridgehead atoms. The van der Waals surface area contributed by atoms with Crippen LogP contribution in [0.15, 0.2) is 60.8 Å². The van der Waals surface area contributed by atoms with E-state index >= 15 is 0 Å². The van der Waals surface area contributed by atoms with Gasteiger partial charge in [0, 0.05) is 24.2 Å². The van der Waals surface area contributed by atoms with Crippen LogP contribution in [0.1, 0.15) is 6.42 Å². The first-order chi connectivity index (χ1) is 12.9. The Morgan fingerprint density at radius 1 is 1.08 bits per heavy atom. The van der Waals surface area contributed by atoms with Gasteiger partial charge in [-0.1, -0.05) is 18.2 Å². The number of hydrogen-bond donors (Lipinski definition) is 1. The summed E-state index contributed by atoms with van der Waals surface area (Å²) in [5, 5.41) is 4.53. The molecule has 26 heavy (non-hydrogen) atoms. The average molecular weight is 350 g/mol. The number of nitrogens with one attached hydrogen (secondary N) is 1. The maximum absolute atomic E-state index is 5.92. The van der Waals surface area contributed by atoms with Gasteiger partial charge in [-0.15, -0.1) is 0 Å². The summed E-state index contributed by atoms with van der Waals surface area (Å²) in [5.41, 5.74) is 0.956. The summed E-state index contributed by atoms with van der Waals surface area (Å²) in [6.07, 6.45) is 2.76. The van der Waals surface area contributed by atoms with Crippen molar-refractivity contribution in [3.05, 3.63) is 60.8 Å². The van der Waals surface area contributed by atoms with Crippen LogP contribution >= 0.6 is 0 Å². The van der Waals surface area contributed by atoms with Crippen LogP contribution in [-0.2, 0) is 0 Å². The molecule has 2 heterocycles. The van der Waals surface area contributed by atoms with Crippen LogP contribution in [-0.4, -0.2) is 37.4 Å². The summed E-state index contributed by atoms with van der Waals surface area (Å²) >= 11 is 0. The van der Waals surface area contributed by atoms with Crippen LogP contribution < -0.4 is 19.5 Å². The van der Waals surface area contributed by atoms with Crippen LogP contribution in [0, 0.1) is 0 Å². The number of hydrogen-bond acceptors (Lipinski definition) is 5. The number of benzene rings is 2. The first-order valence-electron chi connectivity index (χ1n) is 8.95. The van der Waals surface area contributed by atoms with Crippen molar-refractivity contribution in [3.63, 3.8) is 0 Å². The second-order valence-electron chi connectivity index (χ2n) is 6.26. The van der Waals surface area contributed by atoms with E-state index in [1.54, 1.807) is 6.20 Å². The number of fused-ring (bicyclic) bond motifs is 2. The van der Waals surface area contributed by atoms with Gasteiger partial charge >= 0.3 is 0 Å². The normalized spacial score (nSPS) is 15.8. The molecule has 0 radical (unpaired) electrons. The number of ether oxygens (including phenoxy) is 3. The maximum atomic E-state index is 5.92. The third-order valence-electron chi connectivity index (χ3n) is 4.28. The van der Waals surface area contributed by atoms with Gasteiger partial charge in [-0.2, -0.15) is 0 Å². The number of para-hydroxylation sites is 2. The van der Waals surface area contributed by atoms with E-state index in [2.05, 4.69) is 10.3 Å². The van der Waals surface area contributed by atoms with Gasteiger partial charge in [0.1, 0.15) is 18.5 Å². The molecule has 4 rings (SSSR count). The predicted octanol–water partition coefficient (Wildman–Crippen LogP) is 3.43.